The molecule has 1 saturated heterocycles. The third kappa shape index (κ3) is 4.96. The Morgan fingerprint density at radius 2 is 2.00 bits per heavy atom. The Hall–Kier alpha value is -2.08. The predicted molar refractivity (Wildman–Crippen MR) is 97.5 cm³/mol. The van der Waals surface area contributed by atoms with Crippen molar-refractivity contribution in [1.82, 2.24) is 15.5 Å². The summed E-state index contributed by atoms with van der Waals surface area (Å²) in [6, 6.07) is 6.62. The first kappa shape index (κ1) is 18.3. The van der Waals surface area contributed by atoms with Gasteiger partial charge in [0.1, 0.15) is 5.60 Å². The minimum atomic E-state index is -0.318. The second-order valence-corrected chi connectivity index (χ2v) is 6.82. The summed E-state index contributed by atoms with van der Waals surface area (Å²) in [6.45, 7) is 12.4. The summed E-state index contributed by atoms with van der Waals surface area (Å²) in [4.78, 5) is 12.0. The van der Waals surface area contributed by atoms with Gasteiger partial charge >= 0.3 is 0 Å². The molecule has 0 spiro atoms. The number of hydrogen-bond donors (Lipinski definition) is 2. The van der Waals surface area contributed by atoms with E-state index in [0.29, 0.717) is 6.47 Å². The molecule has 1 fully saturated rings. The molecule has 0 saturated carbocycles. The zero-order valence-electron chi connectivity index (χ0n) is 15.1. The van der Waals surface area contributed by atoms with Crippen molar-refractivity contribution < 1.29 is 9.53 Å². The fraction of sp³-hybridized carbons (Fsp3) is 0.556. The van der Waals surface area contributed by atoms with Gasteiger partial charge in [0.2, 0.25) is 0 Å². The summed E-state index contributed by atoms with van der Waals surface area (Å²) in [6.07, 6.45) is 0.979. The predicted octanol–water partition coefficient (Wildman–Crippen LogP) is 2.49. The van der Waals surface area contributed by atoms with Crippen LogP contribution in [0.4, 0.5) is 5.69 Å². The zero-order chi connectivity index (χ0) is 17.6. The molecule has 6 heteroatoms. The number of hydrogen-bond acceptors (Lipinski definition) is 5. The Labute approximate surface area is 143 Å². The van der Waals surface area contributed by atoms with E-state index in [1.807, 2.05) is 20.8 Å². The Morgan fingerprint density at radius 1 is 1.29 bits per heavy atom. The number of nitrogens with one attached hydrogen (secondary N) is 2. The summed E-state index contributed by atoms with van der Waals surface area (Å²) in [5.41, 5.74) is 3.29. The van der Waals surface area contributed by atoms with Gasteiger partial charge in [0.25, 0.3) is 6.47 Å². The van der Waals surface area contributed by atoms with Crippen molar-refractivity contribution in [3.63, 3.8) is 0 Å². The van der Waals surface area contributed by atoms with Crippen LogP contribution in [0, 0.1) is 0 Å². The number of benzene rings is 1. The molecule has 2 N–H and O–H groups in total. The van der Waals surface area contributed by atoms with Gasteiger partial charge in [-0.2, -0.15) is 5.10 Å². The van der Waals surface area contributed by atoms with Gasteiger partial charge in [-0.1, -0.05) is 6.92 Å². The van der Waals surface area contributed by atoms with Crippen LogP contribution in [0.1, 0.15) is 33.4 Å². The van der Waals surface area contributed by atoms with Crippen LogP contribution in [0.15, 0.2) is 18.2 Å². The third-order valence-corrected chi connectivity index (χ3v) is 3.84. The molecule has 132 valence electrons. The van der Waals surface area contributed by atoms with E-state index in [-0.39, 0.29) is 5.60 Å². The van der Waals surface area contributed by atoms with Crippen LogP contribution in [0.2, 0.25) is 0 Å². The molecule has 2 heterocycles. The van der Waals surface area contributed by atoms with Crippen LogP contribution >= 0.6 is 0 Å². The quantitative estimate of drug-likeness (QED) is 0.845. The molecule has 24 heavy (non-hydrogen) atoms. The lowest BCUT2D eigenvalue weighted by molar-refractivity contribution is -0.138. The Kier molecular flexibility index (Phi) is 6.20. The molecule has 6 nitrogen and oxygen atoms in total. The lowest BCUT2D eigenvalue weighted by atomic mass is 10.1. The molecule has 1 aromatic heterocycles. The lowest BCUT2D eigenvalue weighted by Crippen LogP contribution is -2.43. The molecule has 0 bridgehead atoms. The number of H-pyrrole nitrogens is 1. The number of carbonyl (C=O) groups excluding carboxylic acids is 1. The van der Waals surface area contributed by atoms with Crippen molar-refractivity contribution in [2.24, 2.45) is 0 Å². The Morgan fingerprint density at radius 3 is 2.54 bits per heavy atom. The van der Waals surface area contributed by atoms with Gasteiger partial charge in [-0.05, 0) is 45.4 Å². The average molecular weight is 332 g/mol. The summed E-state index contributed by atoms with van der Waals surface area (Å²) >= 11 is 0. The van der Waals surface area contributed by atoms with Crippen molar-refractivity contribution in [3.8, 4) is 0 Å². The molecule has 0 unspecified atom stereocenters. The zero-order valence-corrected chi connectivity index (χ0v) is 15.1. The van der Waals surface area contributed by atoms with E-state index in [0.717, 1.165) is 43.8 Å². The summed E-state index contributed by atoms with van der Waals surface area (Å²) in [7, 11) is 0. The summed E-state index contributed by atoms with van der Waals surface area (Å²) in [5, 5.41) is 12.1. The molecule has 0 amide bonds. The molecule has 1 aliphatic heterocycles. The number of rotatable bonds is 3. The number of ether oxygens (including phenoxy) is 1. The van der Waals surface area contributed by atoms with Crippen molar-refractivity contribution in [2.45, 2.75) is 39.7 Å². The summed E-state index contributed by atoms with van der Waals surface area (Å²) in [5.74, 6) is 0. The molecule has 0 radical (unpaired) electrons. The van der Waals surface area contributed by atoms with Gasteiger partial charge in [-0.3, -0.25) is 9.89 Å². The minimum Gasteiger partial charge on any atom is -0.462 e. The lowest BCUT2D eigenvalue weighted by Gasteiger charge is -2.29. The minimum absolute atomic E-state index is 0.318. The number of carbonyl (C=O) groups is 1. The van der Waals surface area contributed by atoms with Crippen LogP contribution in [0.5, 0.6) is 0 Å². The van der Waals surface area contributed by atoms with E-state index in [2.05, 4.69) is 50.3 Å². The van der Waals surface area contributed by atoms with Crippen LogP contribution in [-0.2, 0) is 16.0 Å². The monoisotopic (exact) mass is 332 g/mol. The highest BCUT2D eigenvalue weighted by Gasteiger charge is 2.12. The van der Waals surface area contributed by atoms with Gasteiger partial charge in [0.05, 0.1) is 11.2 Å². The normalized spacial score (nSPS) is 14.9. The number of fused-ring (bicyclic) bond motifs is 1. The third-order valence-electron chi connectivity index (χ3n) is 3.84. The maximum Gasteiger partial charge on any atom is 0.293 e. The van der Waals surface area contributed by atoms with Crippen molar-refractivity contribution in [3.05, 3.63) is 23.9 Å². The molecule has 3 rings (SSSR count). The Bertz CT molecular complexity index is 655. The van der Waals surface area contributed by atoms with Gasteiger partial charge < -0.3 is 15.0 Å². The second-order valence-electron chi connectivity index (χ2n) is 6.82. The number of nitrogens with zero attached hydrogens (tertiary/aromatic N) is 2. The fourth-order valence-corrected chi connectivity index (χ4v) is 2.60. The largest absolute Gasteiger partial charge is 0.462 e. The van der Waals surface area contributed by atoms with Crippen LogP contribution in [-0.4, -0.2) is 48.4 Å². The molecule has 0 aliphatic carbocycles. The average Bonchev–Trinajstić information content (AvgIpc) is 2.97. The molecule has 0 atom stereocenters. The van der Waals surface area contributed by atoms with Gasteiger partial charge in [0.15, 0.2) is 0 Å². The highest BCUT2D eigenvalue weighted by Crippen LogP contribution is 2.23. The first-order chi connectivity index (χ1) is 11.4. The SMILES string of the molecule is CC(C)(C)OC=O.CCc1n[nH]c2cc(N3CCNCC3)ccc12. The molecular weight excluding hydrogens is 304 g/mol. The number of piperazine rings is 1. The van der Waals surface area contributed by atoms with Crippen LogP contribution in [0.3, 0.4) is 0 Å². The topological polar surface area (TPSA) is 70.2 Å². The van der Waals surface area contributed by atoms with E-state index in [9.17, 15) is 4.79 Å². The van der Waals surface area contributed by atoms with Crippen molar-refractivity contribution in [1.29, 1.82) is 0 Å². The van der Waals surface area contributed by atoms with E-state index in [1.165, 1.54) is 11.1 Å². The van der Waals surface area contributed by atoms with E-state index >= 15 is 0 Å². The van der Waals surface area contributed by atoms with Gasteiger partial charge in [-0.15, -0.1) is 0 Å². The number of anilines is 1. The van der Waals surface area contributed by atoms with Crippen LogP contribution < -0.4 is 10.2 Å². The van der Waals surface area contributed by atoms with E-state index in [1.54, 1.807) is 0 Å². The molecular formula is C18H28N4O2. The van der Waals surface area contributed by atoms with E-state index < -0.39 is 0 Å². The number of aromatic nitrogens is 2. The highest BCUT2D eigenvalue weighted by molar-refractivity contribution is 5.84. The van der Waals surface area contributed by atoms with Gasteiger partial charge in [0, 0.05) is 37.3 Å². The molecule has 1 aromatic carbocycles. The second kappa shape index (κ2) is 8.15. The Balaban J connectivity index is 0.000000256. The first-order valence-corrected chi connectivity index (χ1v) is 8.48. The summed E-state index contributed by atoms with van der Waals surface area (Å²) < 4.78 is 4.55. The maximum absolute atomic E-state index is 9.60. The number of aromatic amines is 1. The van der Waals surface area contributed by atoms with E-state index in [4.69, 9.17) is 0 Å². The maximum atomic E-state index is 9.60. The fourth-order valence-electron chi connectivity index (χ4n) is 2.60. The molecule has 2 aromatic rings. The smallest absolute Gasteiger partial charge is 0.293 e. The number of aryl methyl sites for hydroxylation is 1. The van der Waals surface area contributed by atoms with Crippen molar-refractivity contribution in [2.75, 3.05) is 31.1 Å². The first-order valence-electron chi connectivity index (χ1n) is 8.48. The standard InChI is InChI=1S/C13H18N4.C5H10O2/c1-2-12-11-4-3-10(9-13(11)16-15-12)17-7-5-14-6-8-17;1-5(2,3)7-4-6/h3-4,9,14H,2,5-8H2,1H3,(H,15,16);4H,1-3H3. The van der Waals surface area contributed by atoms with Gasteiger partial charge in [-0.25, -0.2) is 0 Å². The van der Waals surface area contributed by atoms with Crippen molar-refractivity contribution >= 4 is 23.1 Å². The molecule has 1 aliphatic rings. The highest BCUT2D eigenvalue weighted by atomic mass is 16.5. The van der Waals surface area contributed by atoms with Crippen LogP contribution in [0.25, 0.3) is 10.9 Å².